The molecule has 0 aliphatic rings. The number of hydrogen-bond acceptors (Lipinski definition) is 7. The van der Waals surface area contributed by atoms with Crippen molar-refractivity contribution in [1.29, 1.82) is 0 Å². The van der Waals surface area contributed by atoms with Crippen molar-refractivity contribution in [2.75, 3.05) is 0 Å². The fraction of sp³-hybridized carbons (Fsp3) is 0. The highest BCUT2D eigenvalue weighted by molar-refractivity contribution is 9.11. The summed E-state index contributed by atoms with van der Waals surface area (Å²) in [4.78, 5) is 32.0. The highest BCUT2D eigenvalue weighted by Crippen LogP contribution is 2.30. The van der Waals surface area contributed by atoms with E-state index in [2.05, 4.69) is 42.4 Å². The van der Waals surface area contributed by atoms with Gasteiger partial charge in [0.2, 0.25) is 0 Å². The lowest BCUT2D eigenvalue weighted by Gasteiger charge is -2.03. The molecule has 0 aliphatic heterocycles. The summed E-state index contributed by atoms with van der Waals surface area (Å²) >= 11 is 6.37. The number of aromatic hydroxyl groups is 1. The Morgan fingerprint density at radius 3 is 2.19 bits per heavy atom. The third-order valence-electron chi connectivity index (χ3n) is 3.01. The van der Waals surface area contributed by atoms with Crippen LogP contribution in [0.5, 0.6) is 5.75 Å². The summed E-state index contributed by atoms with van der Waals surface area (Å²) in [5.74, 6) is -1.00. The molecule has 0 bridgehead atoms. The lowest BCUT2D eigenvalue weighted by molar-refractivity contribution is -0.394. The van der Waals surface area contributed by atoms with Crippen molar-refractivity contribution in [3.63, 3.8) is 0 Å². The maximum Gasteiger partial charge on any atom is 0.277 e. The van der Waals surface area contributed by atoms with Crippen LogP contribution in [-0.4, -0.2) is 27.1 Å². The smallest absolute Gasteiger partial charge is 0.277 e. The van der Waals surface area contributed by atoms with E-state index >= 15 is 0 Å². The van der Waals surface area contributed by atoms with Gasteiger partial charge in [-0.25, -0.2) is 5.43 Å². The number of phenols is 1. The molecule has 0 atom stereocenters. The van der Waals surface area contributed by atoms with Crippen molar-refractivity contribution >= 4 is 55.4 Å². The summed E-state index contributed by atoms with van der Waals surface area (Å²) in [6.07, 6.45) is 1.15. The molecule has 0 fully saturated rings. The van der Waals surface area contributed by atoms with Crippen LogP contribution in [0.2, 0.25) is 0 Å². The third kappa shape index (κ3) is 4.61. The molecule has 0 heterocycles. The van der Waals surface area contributed by atoms with Crippen molar-refractivity contribution < 1.29 is 19.7 Å². The topological polar surface area (TPSA) is 148 Å². The molecule has 0 aliphatic carbocycles. The standard InChI is InChI=1S/C14H8Br2N4O6/c15-9-1-8(13(21)12(16)4-9)6-17-18-14(22)7-2-10(19(23)24)5-11(3-7)20(25)26/h1-6,21H,(H,18,22). The zero-order valence-corrected chi connectivity index (χ0v) is 15.7. The van der Waals surface area contributed by atoms with Crippen molar-refractivity contribution in [3.8, 4) is 5.75 Å². The number of nitrogens with zero attached hydrogens (tertiary/aromatic N) is 3. The van der Waals surface area contributed by atoms with Gasteiger partial charge in [0.1, 0.15) is 5.75 Å². The number of amides is 1. The van der Waals surface area contributed by atoms with Crippen molar-refractivity contribution in [1.82, 2.24) is 5.43 Å². The normalized spacial score (nSPS) is 10.7. The average molecular weight is 488 g/mol. The molecule has 2 rings (SSSR count). The van der Waals surface area contributed by atoms with Gasteiger partial charge in [-0.3, -0.25) is 25.0 Å². The molecule has 0 saturated carbocycles. The number of benzene rings is 2. The molecule has 0 radical (unpaired) electrons. The van der Waals surface area contributed by atoms with E-state index in [1.54, 1.807) is 6.07 Å². The molecule has 2 N–H and O–H groups in total. The van der Waals surface area contributed by atoms with Gasteiger partial charge in [-0.1, -0.05) is 15.9 Å². The first-order chi connectivity index (χ1) is 12.2. The first-order valence-corrected chi connectivity index (χ1v) is 8.23. The van der Waals surface area contributed by atoms with Crippen LogP contribution in [0.3, 0.4) is 0 Å². The fourth-order valence-corrected chi connectivity index (χ4v) is 3.10. The van der Waals surface area contributed by atoms with Gasteiger partial charge >= 0.3 is 0 Å². The van der Waals surface area contributed by atoms with Crippen LogP contribution < -0.4 is 5.43 Å². The van der Waals surface area contributed by atoms with Crippen LogP contribution in [-0.2, 0) is 0 Å². The molecule has 2 aromatic carbocycles. The van der Waals surface area contributed by atoms with Crippen LogP contribution in [0.1, 0.15) is 15.9 Å². The van der Waals surface area contributed by atoms with E-state index in [4.69, 9.17) is 0 Å². The third-order valence-corrected chi connectivity index (χ3v) is 4.08. The highest BCUT2D eigenvalue weighted by atomic mass is 79.9. The molecular formula is C14H8Br2N4O6. The van der Waals surface area contributed by atoms with Gasteiger partial charge in [0.15, 0.2) is 0 Å². The summed E-state index contributed by atoms with van der Waals surface area (Å²) < 4.78 is 1.04. The number of halogens is 2. The second-order valence-corrected chi connectivity index (χ2v) is 6.55. The Balaban J connectivity index is 2.25. The fourth-order valence-electron chi connectivity index (χ4n) is 1.85. The minimum atomic E-state index is -0.887. The van der Waals surface area contributed by atoms with E-state index in [1.165, 1.54) is 6.07 Å². The van der Waals surface area contributed by atoms with Crippen molar-refractivity contribution in [2.45, 2.75) is 0 Å². The largest absolute Gasteiger partial charge is 0.506 e. The maximum atomic E-state index is 12.1. The summed E-state index contributed by atoms with van der Waals surface area (Å²) in [5, 5.41) is 35.2. The Labute approximate surface area is 162 Å². The van der Waals surface area contributed by atoms with Crippen LogP contribution in [0, 0.1) is 20.2 Å². The minimum absolute atomic E-state index is 0.114. The van der Waals surface area contributed by atoms with Gasteiger partial charge in [-0.2, -0.15) is 5.10 Å². The van der Waals surface area contributed by atoms with Gasteiger partial charge in [0.25, 0.3) is 17.3 Å². The SMILES string of the molecule is O=C(NN=Cc1cc(Br)cc(Br)c1O)c1cc([N+](=O)[O-])cc([N+](=O)[O-])c1. The summed E-state index contributed by atoms with van der Waals surface area (Å²) in [6.45, 7) is 0. The van der Waals surface area contributed by atoms with E-state index in [0.717, 1.165) is 24.4 Å². The van der Waals surface area contributed by atoms with E-state index < -0.39 is 27.1 Å². The second-order valence-electron chi connectivity index (χ2n) is 4.78. The van der Waals surface area contributed by atoms with Crippen molar-refractivity contribution in [3.05, 3.63) is 70.6 Å². The Hall–Kier alpha value is -2.86. The number of rotatable bonds is 5. The van der Waals surface area contributed by atoms with Crippen molar-refractivity contribution in [2.24, 2.45) is 5.10 Å². The van der Waals surface area contributed by atoms with E-state index in [0.29, 0.717) is 8.95 Å². The molecule has 1 amide bonds. The molecule has 26 heavy (non-hydrogen) atoms. The molecule has 0 unspecified atom stereocenters. The Morgan fingerprint density at radius 2 is 1.65 bits per heavy atom. The average Bonchev–Trinajstić information content (AvgIpc) is 2.58. The van der Waals surface area contributed by atoms with Gasteiger partial charge in [0, 0.05) is 22.2 Å². The lowest BCUT2D eigenvalue weighted by atomic mass is 10.1. The number of hydrazone groups is 1. The molecule has 0 spiro atoms. The van der Waals surface area contributed by atoms with Gasteiger partial charge in [-0.05, 0) is 28.1 Å². The number of phenolic OH excluding ortho intramolecular Hbond substituents is 1. The number of nitro benzene ring substituents is 2. The number of nitrogens with one attached hydrogen (secondary N) is 1. The van der Waals surface area contributed by atoms with Crippen LogP contribution in [0.25, 0.3) is 0 Å². The quantitative estimate of drug-likeness (QED) is 0.374. The maximum absolute atomic E-state index is 12.1. The molecule has 134 valence electrons. The van der Waals surface area contributed by atoms with Crippen LogP contribution in [0.4, 0.5) is 11.4 Å². The number of carbonyl (C=O) groups excluding carboxylic acids is 1. The first kappa shape index (κ1) is 19.5. The molecule has 10 nitrogen and oxygen atoms in total. The summed E-state index contributed by atoms with van der Waals surface area (Å²) in [6, 6.07) is 5.68. The molecule has 0 saturated heterocycles. The molecular weight excluding hydrogens is 480 g/mol. The Kier molecular flexibility index (Phi) is 6.00. The summed E-state index contributed by atoms with van der Waals surface area (Å²) in [7, 11) is 0. The van der Waals surface area contributed by atoms with Gasteiger partial charge in [-0.15, -0.1) is 0 Å². The lowest BCUT2D eigenvalue weighted by Crippen LogP contribution is -2.18. The highest BCUT2D eigenvalue weighted by Gasteiger charge is 2.19. The van der Waals surface area contributed by atoms with Gasteiger partial charge < -0.3 is 5.11 Å². The zero-order valence-electron chi connectivity index (χ0n) is 12.6. The second kappa shape index (κ2) is 8.01. The number of nitro groups is 2. The molecule has 0 aromatic heterocycles. The number of carbonyl (C=O) groups is 1. The van der Waals surface area contributed by atoms with Gasteiger partial charge in [0.05, 0.1) is 32.2 Å². The first-order valence-electron chi connectivity index (χ1n) is 6.64. The van der Waals surface area contributed by atoms with Crippen LogP contribution >= 0.6 is 31.9 Å². The summed E-state index contributed by atoms with van der Waals surface area (Å²) in [5.41, 5.74) is 0.870. The number of non-ortho nitro benzene ring substituents is 2. The van der Waals surface area contributed by atoms with E-state index in [9.17, 15) is 30.1 Å². The minimum Gasteiger partial charge on any atom is -0.506 e. The van der Waals surface area contributed by atoms with E-state index in [-0.39, 0.29) is 16.9 Å². The Bertz CT molecular complexity index is 915. The molecule has 2 aromatic rings. The van der Waals surface area contributed by atoms with E-state index in [1.807, 2.05) is 0 Å². The number of hydrogen-bond donors (Lipinski definition) is 2. The predicted octanol–water partition coefficient (Wildman–Crippen LogP) is 3.50. The van der Waals surface area contributed by atoms with Crippen LogP contribution in [0.15, 0.2) is 44.4 Å². The monoisotopic (exact) mass is 486 g/mol. The Morgan fingerprint density at radius 1 is 1.08 bits per heavy atom. The predicted molar refractivity (Wildman–Crippen MR) is 98.3 cm³/mol. The zero-order chi connectivity index (χ0) is 19.4. The molecule has 12 heteroatoms.